The molecule has 4 nitrogen and oxygen atoms in total. The minimum atomic E-state index is -0.511. The number of thiazole rings is 1. The topological polar surface area (TPSA) is 48.4 Å². The number of aromatic nitrogens is 1. The summed E-state index contributed by atoms with van der Waals surface area (Å²) in [6, 6.07) is 4.82. The summed E-state index contributed by atoms with van der Waals surface area (Å²) in [4.78, 5) is 16.3. The van der Waals surface area contributed by atoms with Crippen molar-refractivity contribution in [2.24, 2.45) is 0 Å². The molecule has 0 aliphatic rings. The lowest BCUT2D eigenvalue weighted by molar-refractivity contribution is 0.0593. The predicted octanol–water partition coefficient (Wildman–Crippen LogP) is 5.07. The zero-order chi connectivity index (χ0) is 18.1. The van der Waals surface area contributed by atoms with Gasteiger partial charge < -0.3 is 9.47 Å². The molecular weight excluding hydrogens is 353 g/mol. The van der Waals surface area contributed by atoms with Crippen molar-refractivity contribution in [3.8, 4) is 5.75 Å². The second-order valence-corrected chi connectivity index (χ2v) is 6.28. The van der Waals surface area contributed by atoms with Crippen LogP contribution in [-0.4, -0.2) is 24.7 Å². The average molecular weight is 374 g/mol. The number of halogens is 2. The summed E-state index contributed by atoms with van der Waals surface area (Å²) >= 11 is 7.06. The first-order valence-electron chi connectivity index (χ1n) is 7.63. The Labute approximate surface area is 150 Å². The van der Waals surface area contributed by atoms with Gasteiger partial charge in [-0.15, -0.1) is 11.3 Å². The first kappa shape index (κ1) is 20.4. The fraction of sp³-hybridized carbons (Fsp3) is 0.412. The number of carbonyl (C=O) groups is 1. The van der Waals surface area contributed by atoms with Crippen molar-refractivity contribution < 1.29 is 18.7 Å². The van der Waals surface area contributed by atoms with Crippen LogP contribution in [0.3, 0.4) is 0 Å². The summed E-state index contributed by atoms with van der Waals surface area (Å²) in [6.07, 6.45) is 1.16. The highest BCUT2D eigenvalue weighted by Gasteiger charge is 2.17. The van der Waals surface area contributed by atoms with Crippen molar-refractivity contribution >= 4 is 28.9 Å². The summed E-state index contributed by atoms with van der Waals surface area (Å²) in [5.41, 5.74) is 1.07. The number of aryl methyl sites for hydroxylation is 2. The summed E-state index contributed by atoms with van der Waals surface area (Å²) in [7, 11) is 1.29. The van der Waals surface area contributed by atoms with Crippen molar-refractivity contribution in [2.75, 3.05) is 13.7 Å². The van der Waals surface area contributed by atoms with Gasteiger partial charge in [0, 0.05) is 4.88 Å². The lowest BCUT2D eigenvalue weighted by Gasteiger charge is -2.07. The average Bonchev–Trinajstić information content (AvgIpc) is 2.95. The monoisotopic (exact) mass is 373 g/mol. The van der Waals surface area contributed by atoms with Crippen molar-refractivity contribution in [1.29, 1.82) is 0 Å². The van der Waals surface area contributed by atoms with Gasteiger partial charge in [0.1, 0.15) is 0 Å². The predicted molar refractivity (Wildman–Crippen MR) is 94.8 cm³/mol. The third kappa shape index (κ3) is 5.76. The fourth-order valence-electron chi connectivity index (χ4n) is 1.89. The Hall–Kier alpha value is -1.66. The second kappa shape index (κ2) is 10.3. The molecule has 2 rings (SSSR count). The molecule has 1 aromatic heterocycles. The Morgan fingerprint density at radius 3 is 2.71 bits per heavy atom. The van der Waals surface area contributed by atoms with Gasteiger partial charge in [0.15, 0.2) is 21.7 Å². The minimum absolute atomic E-state index is 0.223. The Balaban J connectivity index is 0.00000139. The SMILES string of the molecule is CC.COC(=O)c1nc(Cl)sc1CCCOc1ccc(C)cc1F. The zero-order valence-corrected chi connectivity index (χ0v) is 15.8. The maximum absolute atomic E-state index is 13.6. The van der Waals surface area contributed by atoms with Crippen LogP contribution in [0, 0.1) is 12.7 Å². The minimum Gasteiger partial charge on any atom is -0.491 e. The second-order valence-electron chi connectivity index (χ2n) is 4.62. The summed E-state index contributed by atoms with van der Waals surface area (Å²) < 4.78 is 24.0. The van der Waals surface area contributed by atoms with Gasteiger partial charge in [0.05, 0.1) is 13.7 Å². The Kier molecular flexibility index (Phi) is 8.71. The van der Waals surface area contributed by atoms with Crippen molar-refractivity contribution in [2.45, 2.75) is 33.6 Å². The Bertz CT molecular complexity index is 676. The lowest BCUT2D eigenvalue weighted by atomic mass is 10.2. The van der Waals surface area contributed by atoms with E-state index in [1.54, 1.807) is 12.1 Å². The number of nitrogens with zero attached hydrogens (tertiary/aromatic N) is 1. The van der Waals surface area contributed by atoms with Crippen LogP contribution in [0.5, 0.6) is 5.75 Å². The molecular formula is C17H21ClFNO3S. The maximum atomic E-state index is 13.6. The van der Waals surface area contributed by atoms with Gasteiger partial charge in [-0.3, -0.25) is 0 Å². The molecule has 132 valence electrons. The van der Waals surface area contributed by atoms with Gasteiger partial charge in [-0.05, 0) is 37.5 Å². The van der Waals surface area contributed by atoms with E-state index in [2.05, 4.69) is 9.72 Å². The molecule has 0 aliphatic heterocycles. The number of rotatable bonds is 6. The molecule has 0 saturated carbocycles. The standard InChI is InChI=1S/C15H15ClFNO3S.C2H6/c1-9-5-6-11(10(17)8-9)21-7-3-4-12-13(14(19)20-2)18-15(16)22-12;1-2/h5-6,8H,3-4,7H2,1-2H3;1-2H3. The molecule has 0 radical (unpaired) electrons. The van der Waals surface area contributed by atoms with Gasteiger partial charge in [-0.25, -0.2) is 14.2 Å². The van der Waals surface area contributed by atoms with Crippen LogP contribution in [0.1, 0.15) is 41.2 Å². The first-order valence-corrected chi connectivity index (χ1v) is 8.83. The molecule has 24 heavy (non-hydrogen) atoms. The van der Waals surface area contributed by atoms with Crippen LogP contribution in [0.2, 0.25) is 4.47 Å². The van der Waals surface area contributed by atoms with Gasteiger partial charge in [-0.2, -0.15) is 0 Å². The highest BCUT2D eigenvalue weighted by molar-refractivity contribution is 7.16. The van der Waals surface area contributed by atoms with E-state index in [0.29, 0.717) is 23.9 Å². The van der Waals surface area contributed by atoms with E-state index < -0.39 is 5.97 Å². The molecule has 0 amide bonds. The molecule has 0 unspecified atom stereocenters. The van der Waals surface area contributed by atoms with E-state index >= 15 is 0 Å². The number of hydrogen-bond donors (Lipinski definition) is 0. The molecule has 2 aromatic rings. The van der Waals surface area contributed by atoms with E-state index in [1.807, 2.05) is 20.8 Å². The number of methoxy groups -OCH3 is 1. The molecule has 1 heterocycles. The Morgan fingerprint density at radius 1 is 1.38 bits per heavy atom. The van der Waals surface area contributed by atoms with Crippen molar-refractivity contribution in [1.82, 2.24) is 4.98 Å². The summed E-state index contributed by atoms with van der Waals surface area (Å²) in [5.74, 6) is -0.666. The van der Waals surface area contributed by atoms with Gasteiger partial charge in [-0.1, -0.05) is 31.5 Å². The molecule has 1 aromatic carbocycles. The molecule has 0 aliphatic carbocycles. The van der Waals surface area contributed by atoms with Crippen LogP contribution in [0.25, 0.3) is 0 Å². The molecule has 0 atom stereocenters. The third-order valence-electron chi connectivity index (χ3n) is 2.94. The number of hydrogen-bond acceptors (Lipinski definition) is 5. The number of benzene rings is 1. The molecule has 0 N–H and O–H groups in total. The van der Waals surface area contributed by atoms with Crippen molar-refractivity contribution in [3.63, 3.8) is 0 Å². The molecule has 0 saturated heterocycles. The first-order chi connectivity index (χ1) is 11.5. The molecule has 0 bridgehead atoms. The fourth-order valence-corrected chi connectivity index (χ4v) is 3.06. The van der Waals surface area contributed by atoms with Crippen LogP contribution in [-0.2, 0) is 11.2 Å². The van der Waals surface area contributed by atoms with E-state index in [9.17, 15) is 9.18 Å². The smallest absolute Gasteiger partial charge is 0.357 e. The third-order valence-corrected chi connectivity index (χ3v) is 4.16. The van der Waals surface area contributed by atoms with Gasteiger partial charge in [0.2, 0.25) is 0 Å². The summed E-state index contributed by atoms with van der Waals surface area (Å²) in [6.45, 7) is 6.14. The maximum Gasteiger partial charge on any atom is 0.357 e. The largest absolute Gasteiger partial charge is 0.491 e. The number of esters is 1. The van der Waals surface area contributed by atoms with E-state index in [1.165, 1.54) is 24.5 Å². The van der Waals surface area contributed by atoms with Crippen molar-refractivity contribution in [3.05, 3.63) is 44.6 Å². The van der Waals surface area contributed by atoms with Gasteiger partial charge >= 0.3 is 5.97 Å². The highest BCUT2D eigenvalue weighted by atomic mass is 35.5. The van der Waals surface area contributed by atoms with E-state index in [0.717, 1.165) is 10.4 Å². The number of ether oxygens (including phenoxy) is 2. The molecule has 0 spiro atoms. The van der Waals surface area contributed by atoms with Crippen LogP contribution in [0.15, 0.2) is 18.2 Å². The summed E-state index contributed by atoms with van der Waals surface area (Å²) in [5, 5.41) is 0. The lowest BCUT2D eigenvalue weighted by Crippen LogP contribution is -2.06. The molecule has 0 fully saturated rings. The quantitative estimate of drug-likeness (QED) is 0.524. The van der Waals surface area contributed by atoms with Crippen LogP contribution in [0.4, 0.5) is 4.39 Å². The number of carbonyl (C=O) groups excluding carboxylic acids is 1. The highest BCUT2D eigenvalue weighted by Crippen LogP contribution is 2.25. The van der Waals surface area contributed by atoms with E-state index in [-0.39, 0.29) is 17.3 Å². The van der Waals surface area contributed by atoms with E-state index in [4.69, 9.17) is 16.3 Å². The Morgan fingerprint density at radius 2 is 2.08 bits per heavy atom. The van der Waals surface area contributed by atoms with Crippen LogP contribution < -0.4 is 4.74 Å². The molecule has 7 heteroatoms. The zero-order valence-electron chi connectivity index (χ0n) is 14.2. The normalized spacial score (nSPS) is 9.92. The van der Waals surface area contributed by atoms with Crippen LogP contribution >= 0.6 is 22.9 Å². The van der Waals surface area contributed by atoms with Gasteiger partial charge in [0.25, 0.3) is 0 Å².